The predicted molar refractivity (Wildman–Crippen MR) is 161 cm³/mol. The van der Waals surface area contributed by atoms with Crippen molar-refractivity contribution < 1.29 is 0 Å². The number of hydrogen-bond donors (Lipinski definition) is 0. The van der Waals surface area contributed by atoms with Gasteiger partial charge in [-0.1, -0.05) is 25.1 Å². The first-order valence-electron chi connectivity index (χ1n) is 14.4. The van der Waals surface area contributed by atoms with Crippen LogP contribution in [0.15, 0.2) is 30.8 Å². The van der Waals surface area contributed by atoms with E-state index in [2.05, 4.69) is 96.9 Å². The Morgan fingerprint density at radius 2 is 1.58 bits per heavy atom. The van der Waals surface area contributed by atoms with Gasteiger partial charge >= 0.3 is 0 Å². The highest BCUT2D eigenvalue weighted by atomic mass is 15.4. The van der Waals surface area contributed by atoms with Gasteiger partial charge in [0.15, 0.2) is 5.65 Å². The maximum absolute atomic E-state index is 5.23. The Morgan fingerprint density at radius 1 is 0.895 bits per heavy atom. The zero-order valence-corrected chi connectivity index (χ0v) is 24.3. The van der Waals surface area contributed by atoms with Crippen molar-refractivity contribution in [3.8, 4) is 0 Å². The van der Waals surface area contributed by atoms with Crippen molar-refractivity contribution in [3.05, 3.63) is 53.2 Å². The Morgan fingerprint density at radius 3 is 2.29 bits per heavy atom. The molecule has 2 aliphatic heterocycles. The zero-order chi connectivity index (χ0) is 27.0. The van der Waals surface area contributed by atoms with Crippen LogP contribution in [0.1, 0.15) is 73.9 Å². The van der Waals surface area contributed by atoms with Gasteiger partial charge in [-0.05, 0) is 64.5 Å². The Kier molecular flexibility index (Phi) is 7.55. The Labute approximate surface area is 228 Å². The van der Waals surface area contributed by atoms with Crippen molar-refractivity contribution in [1.29, 1.82) is 0 Å². The number of nitrogens with zero attached hydrogens (tertiary/aromatic N) is 7. The van der Waals surface area contributed by atoms with Crippen LogP contribution in [0.2, 0.25) is 0 Å². The van der Waals surface area contributed by atoms with E-state index in [-0.39, 0.29) is 6.04 Å². The summed E-state index contributed by atoms with van der Waals surface area (Å²) in [6.07, 6.45) is 6.90. The van der Waals surface area contributed by atoms with Gasteiger partial charge in [0, 0.05) is 75.9 Å². The number of fused-ring (bicyclic) bond motifs is 2. The van der Waals surface area contributed by atoms with Crippen LogP contribution >= 0.6 is 0 Å². The SMILES string of the molecule is C=C1c2cc(C)ccc2N(C)CCCCCN(C)c2c(C)c(N3CCCC3)nc3cc(nn23)C(CC)N1C. The molecule has 38 heavy (non-hydrogen) atoms. The Hall–Kier alpha value is -3.22. The van der Waals surface area contributed by atoms with Gasteiger partial charge in [0.2, 0.25) is 0 Å². The van der Waals surface area contributed by atoms with Crippen LogP contribution < -0.4 is 14.7 Å². The molecule has 0 aliphatic carbocycles. The first-order chi connectivity index (χ1) is 18.3. The lowest BCUT2D eigenvalue weighted by atomic mass is 10.0. The van der Waals surface area contributed by atoms with Crippen LogP contribution in [-0.4, -0.2) is 66.8 Å². The summed E-state index contributed by atoms with van der Waals surface area (Å²) in [4.78, 5) is 14.8. The molecule has 1 saturated heterocycles. The van der Waals surface area contributed by atoms with Gasteiger partial charge in [-0.15, -0.1) is 0 Å². The predicted octanol–water partition coefficient (Wildman–Crippen LogP) is 6.06. The number of rotatable bonds is 2. The van der Waals surface area contributed by atoms with Gasteiger partial charge in [-0.25, -0.2) is 4.98 Å². The van der Waals surface area contributed by atoms with E-state index in [0.29, 0.717) is 0 Å². The molecule has 0 saturated carbocycles. The molecule has 2 aliphatic rings. The van der Waals surface area contributed by atoms with Gasteiger partial charge in [0.25, 0.3) is 0 Å². The molecule has 1 fully saturated rings. The van der Waals surface area contributed by atoms with E-state index in [4.69, 9.17) is 10.1 Å². The van der Waals surface area contributed by atoms with Crippen molar-refractivity contribution in [2.24, 2.45) is 0 Å². The van der Waals surface area contributed by atoms with Crippen molar-refractivity contribution >= 4 is 28.7 Å². The summed E-state index contributed by atoms with van der Waals surface area (Å²) in [5.74, 6) is 2.29. The Bertz CT molecular complexity index is 1300. The summed E-state index contributed by atoms with van der Waals surface area (Å²) < 4.78 is 2.10. The average molecular weight is 516 g/mol. The van der Waals surface area contributed by atoms with Gasteiger partial charge in [0.1, 0.15) is 11.6 Å². The first-order valence-corrected chi connectivity index (χ1v) is 14.4. The minimum absolute atomic E-state index is 0.101. The van der Waals surface area contributed by atoms with Crippen LogP contribution in [0, 0.1) is 13.8 Å². The lowest BCUT2D eigenvalue weighted by Gasteiger charge is -2.32. The van der Waals surface area contributed by atoms with E-state index in [0.717, 1.165) is 68.3 Å². The lowest BCUT2D eigenvalue weighted by molar-refractivity contribution is 0.339. The fourth-order valence-corrected chi connectivity index (χ4v) is 6.30. The lowest BCUT2D eigenvalue weighted by Crippen LogP contribution is -2.27. The van der Waals surface area contributed by atoms with Gasteiger partial charge in [-0.3, -0.25) is 0 Å². The average Bonchev–Trinajstić information content (AvgIpc) is 3.57. The van der Waals surface area contributed by atoms with Crippen LogP contribution in [0.4, 0.5) is 17.3 Å². The molecular formula is C31H45N7. The highest BCUT2D eigenvalue weighted by Crippen LogP contribution is 2.37. The largest absolute Gasteiger partial charge is 0.374 e. The molecule has 0 amide bonds. The Balaban J connectivity index is 1.64. The second-order valence-corrected chi connectivity index (χ2v) is 11.3. The topological polar surface area (TPSA) is 43.1 Å². The highest BCUT2D eigenvalue weighted by molar-refractivity contribution is 5.75. The summed E-state index contributed by atoms with van der Waals surface area (Å²) in [6, 6.07) is 9.05. The standard InChI is InChI=1S/C31H45N7/c1-8-27-26-21-29-32-30(37-18-12-13-19-37)23(3)31(38(29)33-26)35(6)17-11-9-10-16-34(5)28-15-14-22(2)20-25(28)24(4)36(27)7/h14-15,20-21,27H,4,8-13,16-19H2,1-3,5-7H3. The van der Waals surface area contributed by atoms with E-state index in [1.54, 1.807) is 0 Å². The quantitative estimate of drug-likeness (QED) is 0.414. The highest BCUT2D eigenvalue weighted by Gasteiger charge is 2.27. The van der Waals surface area contributed by atoms with Crippen LogP contribution in [0.5, 0.6) is 0 Å². The van der Waals surface area contributed by atoms with Crippen molar-refractivity contribution in [1.82, 2.24) is 19.5 Å². The molecule has 0 N–H and O–H groups in total. The summed E-state index contributed by atoms with van der Waals surface area (Å²) in [7, 11) is 6.60. The molecule has 3 aromatic rings. The first kappa shape index (κ1) is 26.4. The second kappa shape index (κ2) is 10.9. The third-order valence-electron chi connectivity index (χ3n) is 8.55. The smallest absolute Gasteiger partial charge is 0.160 e. The maximum atomic E-state index is 5.23. The van der Waals surface area contributed by atoms with E-state index in [1.807, 2.05) is 0 Å². The van der Waals surface area contributed by atoms with E-state index >= 15 is 0 Å². The molecule has 0 spiro atoms. The minimum Gasteiger partial charge on any atom is -0.374 e. The molecule has 0 radical (unpaired) electrons. The second-order valence-electron chi connectivity index (χ2n) is 11.3. The van der Waals surface area contributed by atoms with Gasteiger partial charge in [0.05, 0.1) is 11.7 Å². The number of hydrogen-bond acceptors (Lipinski definition) is 6. The molecule has 1 aromatic carbocycles. The number of anilines is 3. The number of aromatic nitrogens is 3. The fraction of sp³-hybridized carbons (Fsp3) is 0.548. The molecule has 204 valence electrons. The maximum Gasteiger partial charge on any atom is 0.160 e. The summed E-state index contributed by atoms with van der Waals surface area (Å²) in [5.41, 5.74) is 7.95. The molecule has 7 heteroatoms. The third kappa shape index (κ3) is 4.83. The van der Waals surface area contributed by atoms with Gasteiger partial charge in [-0.2, -0.15) is 9.61 Å². The van der Waals surface area contributed by atoms with E-state index < -0.39 is 0 Å². The summed E-state index contributed by atoms with van der Waals surface area (Å²) in [5, 5.41) is 5.23. The van der Waals surface area contributed by atoms with Crippen molar-refractivity contribution in [3.63, 3.8) is 0 Å². The van der Waals surface area contributed by atoms with Crippen LogP contribution in [-0.2, 0) is 0 Å². The normalized spacial score (nSPS) is 19.6. The third-order valence-corrected chi connectivity index (χ3v) is 8.55. The van der Waals surface area contributed by atoms with E-state index in [9.17, 15) is 0 Å². The zero-order valence-electron chi connectivity index (χ0n) is 24.3. The molecular weight excluding hydrogens is 470 g/mol. The molecule has 5 rings (SSSR count). The van der Waals surface area contributed by atoms with Crippen molar-refractivity contribution in [2.45, 2.75) is 65.3 Å². The monoisotopic (exact) mass is 515 g/mol. The molecule has 2 bridgehead atoms. The molecule has 2 aromatic heterocycles. The molecule has 1 unspecified atom stereocenters. The molecule has 7 nitrogen and oxygen atoms in total. The summed E-state index contributed by atoms with van der Waals surface area (Å²) in [6.45, 7) is 15.4. The minimum atomic E-state index is 0.101. The number of aryl methyl sites for hydroxylation is 1. The molecule has 4 heterocycles. The molecule has 1 atom stereocenters. The summed E-state index contributed by atoms with van der Waals surface area (Å²) >= 11 is 0. The fourth-order valence-electron chi connectivity index (χ4n) is 6.30. The van der Waals surface area contributed by atoms with Crippen LogP contribution in [0.3, 0.4) is 0 Å². The van der Waals surface area contributed by atoms with Crippen molar-refractivity contribution in [2.75, 3.05) is 62.0 Å². The van der Waals surface area contributed by atoms with E-state index in [1.165, 1.54) is 47.5 Å². The van der Waals surface area contributed by atoms with Gasteiger partial charge < -0.3 is 19.6 Å². The number of benzene rings is 1. The van der Waals surface area contributed by atoms with Crippen LogP contribution in [0.25, 0.3) is 11.3 Å².